The lowest BCUT2D eigenvalue weighted by Crippen LogP contribution is -2.27. The number of nitrogens with two attached hydrogens (primary N) is 1. The Bertz CT molecular complexity index is 423. The smallest absolute Gasteiger partial charge is 0.192 e. The number of aliphatic hydroxyl groups is 1. The van der Waals surface area contributed by atoms with E-state index in [-0.39, 0.29) is 18.4 Å². The molecule has 0 saturated carbocycles. The van der Waals surface area contributed by atoms with Crippen molar-refractivity contribution in [1.82, 2.24) is 9.97 Å². The fourth-order valence-electron chi connectivity index (χ4n) is 1.96. The first kappa shape index (κ1) is 11.6. The lowest BCUT2D eigenvalue weighted by molar-refractivity contribution is 0.238. The Morgan fingerprint density at radius 2 is 2.29 bits per heavy atom. The van der Waals surface area contributed by atoms with Crippen molar-refractivity contribution in [2.75, 3.05) is 24.6 Å². The van der Waals surface area contributed by atoms with Gasteiger partial charge in [0.25, 0.3) is 0 Å². The second-order valence-corrected chi connectivity index (χ2v) is 4.00. The van der Waals surface area contributed by atoms with E-state index in [4.69, 9.17) is 16.0 Å². The monoisotopic (exact) mass is 237 g/mol. The summed E-state index contributed by atoms with van der Waals surface area (Å²) in [6, 6.07) is 0. The highest BCUT2D eigenvalue weighted by Gasteiger charge is 2.25. The number of anilines is 1. The molecule has 7 heteroatoms. The van der Waals surface area contributed by atoms with Gasteiger partial charge in [0.15, 0.2) is 17.3 Å². The Hall–Kier alpha value is -1.89. The summed E-state index contributed by atoms with van der Waals surface area (Å²) >= 11 is 0. The molecule has 7 nitrogen and oxygen atoms in total. The molecule has 0 amide bonds. The SMILES string of the molecule is NC(=NO)c1nccnc1N1CCC(CO)C1. The predicted molar refractivity (Wildman–Crippen MR) is 61.9 cm³/mol. The number of nitrogens with zero attached hydrogens (tertiary/aromatic N) is 4. The summed E-state index contributed by atoms with van der Waals surface area (Å²) in [5.41, 5.74) is 5.92. The van der Waals surface area contributed by atoms with Crippen LogP contribution in [0.2, 0.25) is 0 Å². The summed E-state index contributed by atoms with van der Waals surface area (Å²) in [5.74, 6) is 0.788. The molecule has 1 aliphatic rings. The molecule has 1 aromatic heterocycles. The lowest BCUT2D eigenvalue weighted by Gasteiger charge is -2.18. The largest absolute Gasteiger partial charge is 0.409 e. The number of hydrogen-bond donors (Lipinski definition) is 3. The van der Waals surface area contributed by atoms with E-state index in [2.05, 4.69) is 15.1 Å². The van der Waals surface area contributed by atoms with Crippen molar-refractivity contribution in [1.29, 1.82) is 0 Å². The Balaban J connectivity index is 2.27. The average Bonchev–Trinajstić information content (AvgIpc) is 2.86. The van der Waals surface area contributed by atoms with Gasteiger partial charge in [-0.2, -0.15) is 0 Å². The fraction of sp³-hybridized carbons (Fsp3) is 0.500. The highest BCUT2D eigenvalue weighted by atomic mass is 16.4. The Labute approximate surface area is 98.6 Å². The molecular formula is C10H15N5O2. The molecule has 0 bridgehead atoms. The summed E-state index contributed by atoms with van der Waals surface area (Å²) < 4.78 is 0. The summed E-state index contributed by atoms with van der Waals surface area (Å²) in [6.45, 7) is 1.66. The van der Waals surface area contributed by atoms with Crippen LogP contribution in [-0.2, 0) is 0 Å². The van der Waals surface area contributed by atoms with Crippen molar-refractivity contribution >= 4 is 11.7 Å². The van der Waals surface area contributed by atoms with E-state index in [1.165, 1.54) is 6.20 Å². The molecule has 1 atom stereocenters. The second-order valence-electron chi connectivity index (χ2n) is 4.00. The first-order chi connectivity index (χ1) is 8.26. The maximum atomic E-state index is 9.10. The highest BCUT2D eigenvalue weighted by molar-refractivity contribution is 5.99. The lowest BCUT2D eigenvalue weighted by atomic mass is 10.1. The predicted octanol–water partition coefficient (Wildman–Crippen LogP) is -0.610. The van der Waals surface area contributed by atoms with Crippen LogP contribution in [0.1, 0.15) is 12.1 Å². The summed E-state index contributed by atoms with van der Waals surface area (Å²) in [5, 5.41) is 20.7. The van der Waals surface area contributed by atoms with Gasteiger partial charge in [0.05, 0.1) is 0 Å². The normalized spacial score (nSPS) is 20.9. The van der Waals surface area contributed by atoms with Crippen LogP contribution < -0.4 is 10.6 Å². The van der Waals surface area contributed by atoms with Gasteiger partial charge in [0, 0.05) is 38.0 Å². The minimum Gasteiger partial charge on any atom is -0.409 e. The summed E-state index contributed by atoms with van der Waals surface area (Å²) in [6.07, 6.45) is 3.97. The van der Waals surface area contributed by atoms with Gasteiger partial charge in [-0.1, -0.05) is 5.16 Å². The molecule has 17 heavy (non-hydrogen) atoms. The third-order valence-electron chi connectivity index (χ3n) is 2.87. The molecule has 2 rings (SSSR count). The molecule has 0 spiro atoms. The van der Waals surface area contributed by atoms with Crippen LogP contribution in [0.3, 0.4) is 0 Å². The molecule has 1 aliphatic heterocycles. The molecular weight excluding hydrogens is 222 g/mol. The van der Waals surface area contributed by atoms with E-state index in [9.17, 15) is 0 Å². The molecule has 0 aliphatic carbocycles. The Kier molecular flexibility index (Phi) is 3.38. The Morgan fingerprint density at radius 1 is 1.53 bits per heavy atom. The zero-order valence-corrected chi connectivity index (χ0v) is 9.32. The van der Waals surface area contributed by atoms with Crippen molar-refractivity contribution in [2.24, 2.45) is 16.8 Å². The maximum absolute atomic E-state index is 9.10. The zero-order valence-electron chi connectivity index (χ0n) is 9.32. The Morgan fingerprint density at radius 3 is 2.94 bits per heavy atom. The highest BCUT2D eigenvalue weighted by Crippen LogP contribution is 2.23. The van der Waals surface area contributed by atoms with Crippen molar-refractivity contribution in [3.05, 3.63) is 18.1 Å². The van der Waals surface area contributed by atoms with Gasteiger partial charge in [0.1, 0.15) is 0 Å². The molecule has 0 aromatic carbocycles. The molecule has 2 heterocycles. The fourth-order valence-corrected chi connectivity index (χ4v) is 1.96. The van der Waals surface area contributed by atoms with Gasteiger partial charge in [0.2, 0.25) is 0 Å². The molecule has 1 unspecified atom stereocenters. The van der Waals surface area contributed by atoms with Crippen LogP contribution in [0.4, 0.5) is 5.82 Å². The van der Waals surface area contributed by atoms with Crippen molar-refractivity contribution < 1.29 is 10.3 Å². The maximum Gasteiger partial charge on any atom is 0.192 e. The van der Waals surface area contributed by atoms with Crippen LogP contribution in [0.15, 0.2) is 17.5 Å². The minimum atomic E-state index is -0.0550. The van der Waals surface area contributed by atoms with E-state index in [1.807, 2.05) is 4.90 Å². The third-order valence-corrected chi connectivity index (χ3v) is 2.87. The van der Waals surface area contributed by atoms with E-state index in [0.717, 1.165) is 13.0 Å². The molecule has 92 valence electrons. The van der Waals surface area contributed by atoms with Crippen molar-refractivity contribution in [3.8, 4) is 0 Å². The topological polar surface area (TPSA) is 108 Å². The van der Waals surface area contributed by atoms with Gasteiger partial charge < -0.3 is 20.9 Å². The van der Waals surface area contributed by atoms with Crippen LogP contribution in [-0.4, -0.2) is 45.8 Å². The first-order valence-corrected chi connectivity index (χ1v) is 5.41. The number of hydrogen-bond acceptors (Lipinski definition) is 6. The molecule has 4 N–H and O–H groups in total. The van der Waals surface area contributed by atoms with Crippen molar-refractivity contribution in [2.45, 2.75) is 6.42 Å². The van der Waals surface area contributed by atoms with Gasteiger partial charge in [-0.05, 0) is 6.42 Å². The number of aliphatic hydroxyl groups excluding tert-OH is 1. The average molecular weight is 237 g/mol. The number of rotatable bonds is 3. The number of aromatic nitrogens is 2. The van der Waals surface area contributed by atoms with E-state index in [0.29, 0.717) is 18.1 Å². The van der Waals surface area contributed by atoms with Crippen molar-refractivity contribution in [3.63, 3.8) is 0 Å². The number of amidine groups is 1. The van der Waals surface area contributed by atoms with Gasteiger partial charge in [-0.15, -0.1) is 0 Å². The molecule has 1 aromatic rings. The second kappa shape index (κ2) is 4.96. The minimum absolute atomic E-state index is 0.0550. The van der Waals surface area contributed by atoms with Crippen LogP contribution in [0.25, 0.3) is 0 Å². The van der Waals surface area contributed by atoms with E-state index < -0.39 is 0 Å². The van der Waals surface area contributed by atoms with E-state index >= 15 is 0 Å². The van der Waals surface area contributed by atoms with Gasteiger partial charge in [-0.3, -0.25) is 0 Å². The van der Waals surface area contributed by atoms with Gasteiger partial charge >= 0.3 is 0 Å². The quantitative estimate of drug-likeness (QED) is 0.280. The molecule has 1 fully saturated rings. The third kappa shape index (κ3) is 2.28. The van der Waals surface area contributed by atoms with Crippen LogP contribution in [0, 0.1) is 5.92 Å². The van der Waals surface area contributed by atoms with Gasteiger partial charge in [-0.25, -0.2) is 9.97 Å². The van der Waals surface area contributed by atoms with Crippen LogP contribution >= 0.6 is 0 Å². The van der Waals surface area contributed by atoms with E-state index in [1.54, 1.807) is 6.20 Å². The van der Waals surface area contributed by atoms with Crippen LogP contribution in [0.5, 0.6) is 0 Å². The number of oxime groups is 1. The molecule has 0 radical (unpaired) electrons. The first-order valence-electron chi connectivity index (χ1n) is 5.41. The molecule has 1 saturated heterocycles. The zero-order chi connectivity index (χ0) is 12.3. The summed E-state index contributed by atoms with van der Waals surface area (Å²) in [4.78, 5) is 10.3. The summed E-state index contributed by atoms with van der Waals surface area (Å²) in [7, 11) is 0. The standard InChI is InChI=1S/C10H15N5O2/c11-9(14-17)8-10(13-3-2-12-8)15-4-1-7(5-15)6-16/h2-3,7,16-17H,1,4-6H2,(H2,11,14).